The highest BCUT2D eigenvalue weighted by Gasteiger charge is 2.28. The van der Waals surface area contributed by atoms with Crippen molar-refractivity contribution in [1.82, 2.24) is 14.7 Å². The Kier molecular flexibility index (Phi) is 5.97. The molecule has 0 aliphatic carbocycles. The van der Waals surface area contributed by atoms with Crippen molar-refractivity contribution in [2.24, 2.45) is 0 Å². The van der Waals surface area contributed by atoms with Crippen LogP contribution in [0.1, 0.15) is 32.3 Å². The van der Waals surface area contributed by atoms with Gasteiger partial charge in [0.25, 0.3) is 0 Å². The fraction of sp³-hybridized carbons (Fsp3) is 0.650. The summed E-state index contributed by atoms with van der Waals surface area (Å²) in [5.41, 5.74) is 2.01. The number of hydrogen-bond acceptors (Lipinski definition) is 3. The van der Waals surface area contributed by atoms with Crippen LogP contribution in [0.25, 0.3) is 0 Å². The van der Waals surface area contributed by atoms with E-state index in [-0.39, 0.29) is 6.03 Å². The zero-order valence-electron chi connectivity index (χ0n) is 15.9. The minimum atomic E-state index is 0.0238. The highest BCUT2D eigenvalue weighted by atomic mass is 16.2. The van der Waals surface area contributed by atoms with E-state index >= 15 is 0 Å². The maximum Gasteiger partial charge on any atom is 0.321 e. The minimum absolute atomic E-state index is 0.0238. The zero-order chi connectivity index (χ0) is 17.8. The molecule has 0 radical (unpaired) electrons. The Hall–Kier alpha value is -1.59. The summed E-state index contributed by atoms with van der Waals surface area (Å²) in [5.74, 6) is 0. The van der Waals surface area contributed by atoms with E-state index in [1.54, 1.807) is 0 Å². The fourth-order valence-electron chi connectivity index (χ4n) is 4.03. The Labute approximate surface area is 152 Å². The molecule has 0 bridgehead atoms. The van der Waals surface area contributed by atoms with E-state index in [2.05, 4.69) is 29.0 Å². The second-order valence-corrected chi connectivity index (χ2v) is 7.59. The van der Waals surface area contributed by atoms with Crippen LogP contribution in [0.5, 0.6) is 0 Å². The summed E-state index contributed by atoms with van der Waals surface area (Å²) in [6.45, 7) is 12.5. The Morgan fingerprint density at radius 3 is 2.32 bits per heavy atom. The molecule has 2 aliphatic rings. The molecule has 0 saturated carbocycles. The van der Waals surface area contributed by atoms with Crippen molar-refractivity contribution in [1.29, 1.82) is 0 Å². The van der Waals surface area contributed by atoms with Crippen molar-refractivity contribution in [3.8, 4) is 0 Å². The van der Waals surface area contributed by atoms with Crippen molar-refractivity contribution in [3.05, 3.63) is 29.8 Å². The monoisotopic (exact) mass is 344 g/mol. The van der Waals surface area contributed by atoms with Crippen molar-refractivity contribution in [3.63, 3.8) is 0 Å². The van der Waals surface area contributed by atoms with Crippen LogP contribution in [0.4, 0.5) is 10.5 Å². The lowest BCUT2D eigenvalue weighted by Gasteiger charge is -2.36. The average molecular weight is 345 g/mol. The van der Waals surface area contributed by atoms with Crippen LogP contribution in [-0.2, 0) is 0 Å². The summed E-state index contributed by atoms with van der Waals surface area (Å²) in [6.07, 6.45) is 2.65. The lowest BCUT2D eigenvalue weighted by atomic mass is 10.2. The third-order valence-corrected chi connectivity index (χ3v) is 5.86. The molecule has 2 heterocycles. The highest BCUT2D eigenvalue weighted by molar-refractivity contribution is 5.90. The van der Waals surface area contributed by atoms with E-state index in [0.29, 0.717) is 0 Å². The number of nitrogens with zero attached hydrogens (tertiary/aromatic N) is 3. The highest BCUT2D eigenvalue weighted by Crippen LogP contribution is 2.23. The van der Waals surface area contributed by atoms with Gasteiger partial charge in [-0.15, -0.1) is 0 Å². The van der Waals surface area contributed by atoms with Crippen molar-refractivity contribution in [2.75, 3.05) is 44.6 Å². The molecule has 1 N–H and O–H groups in total. The molecular formula is C20H32N4O. The normalized spacial score (nSPS) is 25.3. The van der Waals surface area contributed by atoms with Crippen LogP contribution in [0.2, 0.25) is 0 Å². The number of benzene rings is 1. The summed E-state index contributed by atoms with van der Waals surface area (Å²) in [4.78, 5) is 19.5. The molecule has 2 amide bonds. The summed E-state index contributed by atoms with van der Waals surface area (Å²) < 4.78 is 0. The number of piperazine rings is 1. The van der Waals surface area contributed by atoms with Gasteiger partial charge in [0.15, 0.2) is 0 Å². The summed E-state index contributed by atoms with van der Waals surface area (Å²) in [5, 5.41) is 3.04. The van der Waals surface area contributed by atoms with Gasteiger partial charge >= 0.3 is 6.03 Å². The maximum absolute atomic E-state index is 12.5. The molecule has 138 valence electrons. The molecule has 3 rings (SSSR count). The van der Waals surface area contributed by atoms with E-state index in [9.17, 15) is 4.79 Å². The van der Waals surface area contributed by atoms with Crippen LogP contribution in [0.3, 0.4) is 0 Å². The first-order chi connectivity index (χ1) is 12.0. The maximum atomic E-state index is 12.5. The van der Waals surface area contributed by atoms with Gasteiger partial charge in [-0.25, -0.2) is 4.79 Å². The van der Waals surface area contributed by atoms with Gasteiger partial charge in [0, 0.05) is 57.0 Å². The molecule has 0 aromatic heterocycles. The van der Waals surface area contributed by atoms with Crippen LogP contribution in [-0.4, -0.2) is 72.1 Å². The minimum Gasteiger partial charge on any atom is -0.322 e. The Balaban J connectivity index is 1.42. The summed E-state index contributed by atoms with van der Waals surface area (Å²) >= 11 is 0. The molecule has 2 aliphatic heterocycles. The molecule has 2 atom stereocenters. The largest absolute Gasteiger partial charge is 0.322 e. The third kappa shape index (κ3) is 4.53. The first-order valence-corrected chi connectivity index (χ1v) is 9.64. The number of rotatable bonds is 4. The number of carbonyl (C=O) groups is 1. The molecule has 0 unspecified atom stereocenters. The Morgan fingerprint density at radius 1 is 1.04 bits per heavy atom. The number of para-hydroxylation sites is 1. The molecule has 0 spiro atoms. The van der Waals surface area contributed by atoms with Gasteiger partial charge < -0.3 is 10.2 Å². The molecule has 5 heteroatoms. The fourth-order valence-corrected chi connectivity index (χ4v) is 4.03. The van der Waals surface area contributed by atoms with Crippen LogP contribution >= 0.6 is 0 Å². The smallest absolute Gasteiger partial charge is 0.321 e. The number of anilines is 1. The van der Waals surface area contributed by atoms with E-state index in [1.807, 2.05) is 36.1 Å². The standard InChI is InChI=1S/C20H32N4O/c1-16-6-4-5-7-19(16)21-20(25)23-13-10-22(11-14-23)12-15-24-17(2)8-9-18(24)3/h4-7,17-18H,8-15H2,1-3H3,(H,21,25)/t17-,18+. The number of urea groups is 1. The number of carbonyl (C=O) groups excluding carboxylic acids is 1. The van der Waals surface area contributed by atoms with E-state index in [0.717, 1.165) is 62.6 Å². The quantitative estimate of drug-likeness (QED) is 0.912. The number of hydrogen-bond donors (Lipinski definition) is 1. The number of nitrogens with one attached hydrogen (secondary N) is 1. The first kappa shape index (κ1) is 18.2. The Morgan fingerprint density at radius 2 is 1.68 bits per heavy atom. The average Bonchev–Trinajstić information content (AvgIpc) is 2.93. The number of likely N-dealkylation sites (tertiary alicyclic amines) is 1. The van der Waals surface area contributed by atoms with Gasteiger partial charge in [-0.3, -0.25) is 9.80 Å². The lowest BCUT2D eigenvalue weighted by Crippen LogP contribution is -2.51. The SMILES string of the molecule is Cc1ccccc1NC(=O)N1CCN(CCN2[C@H](C)CC[C@@H]2C)CC1. The second kappa shape index (κ2) is 8.19. The van der Waals surface area contributed by atoms with Gasteiger partial charge in [-0.05, 0) is 45.2 Å². The molecular weight excluding hydrogens is 312 g/mol. The van der Waals surface area contributed by atoms with Gasteiger partial charge in [0.05, 0.1) is 0 Å². The molecule has 25 heavy (non-hydrogen) atoms. The first-order valence-electron chi connectivity index (χ1n) is 9.64. The zero-order valence-corrected chi connectivity index (χ0v) is 15.9. The van der Waals surface area contributed by atoms with Gasteiger partial charge in [-0.1, -0.05) is 18.2 Å². The van der Waals surface area contributed by atoms with E-state index < -0.39 is 0 Å². The number of aryl methyl sites for hydroxylation is 1. The summed E-state index contributed by atoms with van der Waals surface area (Å²) in [6, 6.07) is 9.39. The lowest BCUT2D eigenvalue weighted by molar-refractivity contribution is 0.123. The van der Waals surface area contributed by atoms with Crippen LogP contribution < -0.4 is 5.32 Å². The summed E-state index contributed by atoms with van der Waals surface area (Å²) in [7, 11) is 0. The Bertz CT molecular complexity index is 573. The molecule has 5 nitrogen and oxygen atoms in total. The topological polar surface area (TPSA) is 38.8 Å². The molecule has 2 saturated heterocycles. The van der Waals surface area contributed by atoms with Crippen molar-refractivity contribution >= 4 is 11.7 Å². The third-order valence-electron chi connectivity index (χ3n) is 5.86. The van der Waals surface area contributed by atoms with Crippen LogP contribution in [0.15, 0.2) is 24.3 Å². The predicted molar refractivity (Wildman–Crippen MR) is 103 cm³/mol. The van der Waals surface area contributed by atoms with Crippen molar-refractivity contribution < 1.29 is 4.79 Å². The van der Waals surface area contributed by atoms with Gasteiger partial charge in [0.2, 0.25) is 0 Å². The van der Waals surface area contributed by atoms with Gasteiger partial charge in [-0.2, -0.15) is 0 Å². The van der Waals surface area contributed by atoms with E-state index in [4.69, 9.17) is 0 Å². The van der Waals surface area contributed by atoms with E-state index in [1.165, 1.54) is 12.8 Å². The van der Waals surface area contributed by atoms with Crippen molar-refractivity contribution in [2.45, 2.75) is 45.7 Å². The van der Waals surface area contributed by atoms with Crippen LogP contribution in [0, 0.1) is 6.92 Å². The molecule has 1 aromatic rings. The number of amides is 2. The molecule has 2 fully saturated rings. The van der Waals surface area contributed by atoms with Gasteiger partial charge in [0.1, 0.15) is 0 Å². The molecule has 1 aromatic carbocycles. The predicted octanol–water partition coefficient (Wildman–Crippen LogP) is 3.02. The second-order valence-electron chi connectivity index (χ2n) is 7.59.